The van der Waals surface area contributed by atoms with E-state index in [0.29, 0.717) is 13.0 Å². The van der Waals surface area contributed by atoms with E-state index >= 15 is 0 Å². The molecule has 0 aliphatic carbocycles. The smallest absolute Gasteiger partial charge is 0.227 e. The maximum Gasteiger partial charge on any atom is 0.227 e. The summed E-state index contributed by atoms with van der Waals surface area (Å²) in [7, 11) is 0. The average molecular weight is 345 g/mol. The Hall–Kier alpha value is -2.88. The van der Waals surface area contributed by atoms with E-state index in [4.69, 9.17) is 4.98 Å². The third-order valence-electron chi connectivity index (χ3n) is 5.01. The van der Waals surface area contributed by atoms with Crippen molar-refractivity contribution >= 4 is 22.6 Å². The molecule has 0 bridgehead atoms. The first-order valence-electron chi connectivity index (χ1n) is 9.00. The summed E-state index contributed by atoms with van der Waals surface area (Å²) >= 11 is 0. The number of anilines is 1. The van der Waals surface area contributed by atoms with Gasteiger partial charge in [0.25, 0.3) is 0 Å². The van der Waals surface area contributed by atoms with E-state index in [1.165, 1.54) is 0 Å². The van der Waals surface area contributed by atoms with Gasteiger partial charge < -0.3 is 9.47 Å². The summed E-state index contributed by atoms with van der Waals surface area (Å²) in [6, 6.07) is 16.2. The van der Waals surface area contributed by atoms with E-state index in [-0.39, 0.29) is 11.8 Å². The van der Waals surface area contributed by atoms with Gasteiger partial charge >= 0.3 is 0 Å². The van der Waals surface area contributed by atoms with E-state index in [1.807, 2.05) is 61.2 Å². The molecule has 0 saturated carbocycles. The summed E-state index contributed by atoms with van der Waals surface area (Å²) in [4.78, 5) is 19.5. The zero-order valence-electron chi connectivity index (χ0n) is 15.3. The molecule has 4 heteroatoms. The second-order valence-electron chi connectivity index (χ2n) is 7.19. The summed E-state index contributed by atoms with van der Waals surface area (Å²) in [5, 5.41) is 0. The minimum atomic E-state index is 0.0915. The van der Waals surface area contributed by atoms with Gasteiger partial charge in [0, 0.05) is 31.1 Å². The van der Waals surface area contributed by atoms with Gasteiger partial charge in [-0.2, -0.15) is 0 Å². The van der Waals surface area contributed by atoms with Gasteiger partial charge in [-0.3, -0.25) is 4.79 Å². The Labute approximate surface area is 153 Å². The van der Waals surface area contributed by atoms with Crippen LogP contribution in [0.2, 0.25) is 0 Å². The summed E-state index contributed by atoms with van der Waals surface area (Å²) in [6.07, 6.45) is 0.494. The molecule has 3 aromatic rings. The highest BCUT2D eigenvalue weighted by Crippen LogP contribution is 2.34. The maximum atomic E-state index is 12.7. The Morgan fingerprint density at radius 2 is 1.92 bits per heavy atom. The second-order valence-corrected chi connectivity index (χ2v) is 7.19. The topological polar surface area (TPSA) is 38.1 Å². The largest absolute Gasteiger partial charge is 0.324 e. The zero-order chi connectivity index (χ0) is 18.3. The Kier molecular flexibility index (Phi) is 4.11. The van der Waals surface area contributed by atoms with Crippen LogP contribution in [0.1, 0.15) is 30.7 Å². The van der Waals surface area contributed by atoms with Crippen molar-refractivity contribution in [3.8, 4) is 0 Å². The minimum Gasteiger partial charge on any atom is -0.324 e. The Morgan fingerprint density at radius 3 is 2.69 bits per heavy atom. The number of nitrogens with zero attached hydrogens (tertiary/aromatic N) is 3. The van der Waals surface area contributed by atoms with Crippen molar-refractivity contribution in [1.82, 2.24) is 9.55 Å². The van der Waals surface area contributed by atoms with Crippen LogP contribution in [0.15, 0.2) is 60.7 Å². The minimum absolute atomic E-state index is 0.0915. The molecule has 0 radical (unpaired) electrons. The number of amides is 1. The summed E-state index contributed by atoms with van der Waals surface area (Å²) in [6.45, 7) is 9.54. The fourth-order valence-corrected chi connectivity index (χ4v) is 3.82. The van der Waals surface area contributed by atoms with Crippen molar-refractivity contribution in [2.45, 2.75) is 32.7 Å². The molecule has 2 aromatic carbocycles. The zero-order valence-corrected chi connectivity index (χ0v) is 15.3. The number of carbonyl (C=O) groups excluding carboxylic acids is 1. The summed E-state index contributed by atoms with van der Waals surface area (Å²) < 4.78 is 2.22. The lowest BCUT2D eigenvalue weighted by molar-refractivity contribution is -0.117. The van der Waals surface area contributed by atoms with Crippen molar-refractivity contribution in [3.63, 3.8) is 0 Å². The second kappa shape index (κ2) is 6.45. The summed E-state index contributed by atoms with van der Waals surface area (Å²) in [5.41, 5.74) is 5.28. The molecule has 1 aromatic heterocycles. The number of imidazole rings is 1. The number of allylic oxidation sites excluding steroid dienone is 1. The molecule has 132 valence electrons. The predicted molar refractivity (Wildman–Crippen MR) is 105 cm³/mol. The number of aromatic nitrogens is 2. The highest BCUT2D eigenvalue weighted by Gasteiger charge is 2.35. The van der Waals surface area contributed by atoms with Crippen LogP contribution in [0.4, 0.5) is 5.69 Å². The lowest BCUT2D eigenvalue weighted by Crippen LogP contribution is -2.25. The molecule has 1 fully saturated rings. The molecule has 1 aliphatic rings. The lowest BCUT2D eigenvalue weighted by Gasteiger charge is -2.19. The number of rotatable bonds is 4. The number of hydrogen-bond donors (Lipinski definition) is 0. The van der Waals surface area contributed by atoms with Crippen molar-refractivity contribution in [1.29, 1.82) is 0 Å². The third-order valence-corrected chi connectivity index (χ3v) is 5.01. The number of aryl methyl sites for hydroxylation is 1. The van der Waals surface area contributed by atoms with Crippen LogP contribution in [0.25, 0.3) is 11.0 Å². The van der Waals surface area contributed by atoms with Gasteiger partial charge in [-0.05, 0) is 37.6 Å². The fourth-order valence-electron chi connectivity index (χ4n) is 3.82. The van der Waals surface area contributed by atoms with Crippen LogP contribution < -0.4 is 4.90 Å². The van der Waals surface area contributed by atoms with E-state index in [0.717, 1.165) is 40.2 Å². The highest BCUT2D eigenvalue weighted by molar-refractivity contribution is 5.97. The molecule has 0 N–H and O–H groups in total. The first-order chi connectivity index (χ1) is 12.5. The number of benzene rings is 2. The van der Waals surface area contributed by atoms with Gasteiger partial charge in [-0.1, -0.05) is 42.5 Å². The van der Waals surface area contributed by atoms with Gasteiger partial charge in [0.2, 0.25) is 5.91 Å². The Balaban J connectivity index is 1.73. The van der Waals surface area contributed by atoms with Gasteiger partial charge in [0.05, 0.1) is 11.0 Å². The molecule has 26 heavy (non-hydrogen) atoms. The first-order valence-corrected chi connectivity index (χ1v) is 9.00. The van der Waals surface area contributed by atoms with Crippen molar-refractivity contribution in [3.05, 3.63) is 72.1 Å². The molecule has 4 rings (SSSR count). The van der Waals surface area contributed by atoms with E-state index in [2.05, 4.69) is 17.2 Å². The molecular weight excluding hydrogens is 322 g/mol. The van der Waals surface area contributed by atoms with Crippen LogP contribution >= 0.6 is 0 Å². The molecule has 1 atom stereocenters. The normalized spacial score (nSPS) is 17.2. The number of carbonyl (C=O) groups is 1. The first kappa shape index (κ1) is 16.6. The van der Waals surface area contributed by atoms with E-state index in [1.54, 1.807) is 0 Å². The standard InChI is InChI=1S/C22H23N3O/c1-15(2)13-25-20-11-7-5-9-18(20)23-22(25)17-12-21(26)24(14-17)19-10-6-4-8-16(19)3/h4-11,17H,1,12-14H2,2-3H3. The van der Waals surface area contributed by atoms with E-state index < -0.39 is 0 Å². The van der Waals surface area contributed by atoms with Crippen molar-refractivity contribution in [2.24, 2.45) is 0 Å². The lowest BCUT2D eigenvalue weighted by atomic mass is 10.1. The van der Waals surface area contributed by atoms with E-state index in [9.17, 15) is 4.79 Å². The molecule has 2 heterocycles. The molecular formula is C22H23N3O. The molecule has 4 nitrogen and oxygen atoms in total. The monoisotopic (exact) mass is 345 g/mol. The van der Waals surface area contributed by atoms with Crippen molar-refractivity contribution < 1.29 is 4.79 Å². The molecule has 1 saturated heterocycles. The van der Waals surface area contributed by atoms with Crippen LogP contribution in [0.3, 0.4) is 0 Å². The van der Waals surface area contributed by atoms with Crippen LogP contribution in [0.5, 0.6) is 0 Å². The van der Waals surface area contributed by atoms with Crippen LogP contribution in [0, 0.1) is 6.92 Å². The Bertz CT molecular complexity index is 1000. The average Bonchev–Trinajstić information content (AvgIpc) is 3.16. The summed E-state index contributed by atoms with van der Waals surface area (Å²) in [5.74, 6) is 1.24. The number of para-hydroxylation sites is 3. The number of fused-ring (bicyclic) bond motifs is 1. The number of hydrogen-bond acceptors (Lipinski definition) is 2. The predicted octanol–water partition coefficient (Wildman–Crippen LogP) is 4.44. The van der Waals surface area contributed by atoms with Gasteiger partial charge in [0.1, 0.15) is 5.82 Å². The van der Waals surface area contributed by atoms with Crippen LogP contribution in [-0.2, 0) is 11.3 Å². The molecule has 1 aliphatic heterocycles. The highest BCUT2D eigenvalue weighted by atomic mass is 16.2. The SMILES string of the molecule is C=C(C)Cn1c(C2CC(=O)N(c3ccccc3C)C2)nc2ccccc21. The molecule has 1 unspecified atom stereocenters. The maximum absolute atomic E-state index is 12.7. The quantitative estimate of drug-likeness (QED) is 0.656. The fraction of sp³-hybridized carbons (Fsp3) is 0.273. The van der Waals surface area contributed by atoms with Gasteiger partial charge in [-0.25, -0.2) is 4.98 Å². The third kappa shape index (κ3) is 2.81. The van der Waals surface area contributed by atoms with Gasteiger partial charge in [-0.15, -0.1) is 0 Å². The van der Waals surface area contributed by atoms with Gasteiger partial charge in [0.15, 0.2) is 0 Å². The van der Waals surface area contributed by atoms with Crippen molar-refractivity contribution in [2.75, 3.05) is 11.4 Å². The molecule has 0 spiro atoms. The van der Waals surface area contributed by atoms with Crippen LogP contribution in [-0.4, -0.2) is 22.0 Å². The Morgan fingerprint density at radius 1 is 1.19 bits per heavy atom. The molecule has 1 amide bonds.